The predicted molar refractivity (Wildman–Crippen MR) is 88.6 cm³/mol. The second kappa shape index (κ2) is 7.23. The summed E-state index contributed by atoms with van der Waals surface area (Å²) in [6.45, 7) is 1.37. The van der Waals surface area contributed by atoms with Crippen LogP contribution in [0.25, 0.3) is 6.08 Å². The number of carbonyl (C=O) groups excluding carboxylic acids is 1. The number of aromatic nitrogens is 2. The maximum atomic E-state index is 12.1. The minimum atomic E-state index is -1.04. The Hall–Kier alpha value is -2.41. The number of rotatable bonds is 6. The fourth-order valence-corrected chi connectivity index (χ4v) is 2.49. The zero-order valence-electron chi connectivity index (χ0n) is 12.6. The molecule has 0 bridgehead atoms. The third kappa shape index (κ3) is 4.53. The van der Waals surface area contributed by atoms with Crippen molar-refractivity contribution in [3.05, 3.63) is 51.8 Å². The highest BCUT2D eigenvalue weighted by Gasteiger charge is 2.09. The molecular formula is C16H15BrN2O4. The Labute approximate surface area is 141 Å². The van der Waals surface area contributed by atoms with E-state index in [0.717, 1.165) is 5.56 Å². The van der Waals surface area contributed by atoms with Crippen molar-refractivity contribution in [3.8, 4) is 5.75 Å². The van der Waals surface area contributed by atoms with E-state index < -0.39 is 12.6 Å². The number of carboxylic acids is 1. The number of hydrogen-bond acceptors (Lipinski definition) is 4. The van der Waals surface area contributed by atoms with Gasteiger partial charge in [-0.25, -0.2) is 4.79 Å². The number of aliphatic carboxylic acids is 1. The summed E-state index contributed by atoms with van der Waals surface area (Å²) in [5.41, 5.74) is 2.03. The molecule has 1 aromatic carbocycles. The standard InChI is InChI=1S/C16H15BrN2O4/c1-10-12(8-19(2)18-10)14(20)5-3-11-4-6-15(13(17)7-11)23-9-16(21)22/h3-8H,9H2,1-2H3,(H,21,22)/b5-3+. The van der Waals surface area contributed by atoms with Gasteiger partial charge in [-0.1, -0.05) is 12.1 Å². The third-order valence-electron chi connectivity index (χ3n) is 3.01. The number of ketones is 1. The highest BCUT2D eigenvalue weighted by atomic mass is 79.9. The zero-order chi connectivity index (χ0) is 17.0. The molecule has 0 fully saturated rings. The smallest absolute Gasteiger partial charge is 0.341 e. The number of aryl methyl sites for hydroxylation is 2. The molecule has 1 aromatic heterocycles. The average molecular weight is 379 g/mol. The van der Waals surface area contributed by atoms with Crippen LogP contribution in [0, 0.1) is 6.92 Å². The van der Waals surface area contributed by atoms with Gasteiger partial charge in [-0.2, -0.15) is 5.10 Å². The van der Waals surface area contributed by atoms with E-state index in [4.69, 9.17) is 9.84 Å². The fraction of sp³-hybridized carbons (Fsp3) is 0.188. The number of benzene rings is 1. The van der Waals surface area contributed by atoms with E-state index in [1.807, 2.05) is 0 Å². The first-order valence-electron chi connectivity index (χ1n) is 6.73. The molecule has 0 aliphatic heterocycles. The molecule has 0 aliphatic carbocycles. The first kappa shape index (κ1) is 17.0. The van der Waals surface area contributed by atoms with Crippen molar-refractivity contribution in [2.45, 2.75) is 6.92 Å². The SMILES string of the molecule is Cc1nn(C)cc1C(=O)/C=C/c1ccc(OCC(=O)O)c(Br)c1. The summed E-state index contributed by atoms with van der Waals surface area (Å²) in [6.07, 6.45) is 4.84. The molecule has 0 spiro atoms. The quantitative estimate of drug-likeness (QED) is 0.617. The molecule has 1 N–H and O–H groups in total. The van der Waals surface area contributed by atoms with Gasteiger partial charge in [-0.3, -0.25) is 9.48 Å². The van der Waals surface area contributed by atoms with Crippen molar-refractivity contribution in [1.29, 1.82) is 0 Å². The second-order valence-corrected chi connectivity index (χ2v) is 5.73. The molecule has 6 nitrogen and oxygen atoms in total. The molecule has 0 unspecified atom stereocenters. The Morgan fingerprint density at radius 3 is 2.74 bits per heavy atom. The summed E-state index contributed by atoms with van der Waals surface area (Å²) in [6, 6.07) is 5.13. The van der Waals surface area contributed by atoms with Crippen LogP contribution in [0.4, 0.5) is 0 Å². The Bertz CT molecular complexity index is 780. The van der Waals surface area contributed by atoms with Gasteiger partial charge in [0.25, 0.3) is 0 Å². The van der Waals surface area contributed by atoms with Gasteiger partial charge < -0.3 is 9.84 Å². The van der Waals surface area contributed by atoms with Crippen LogP contribution in [0.15, 0.2) is 34.9 Å². The van der Waals surface area contributed by atoms with Gasteiger partial charge >= 0.3 is 5.97 Å². The molecule has 120 valence electrons. The molecule has 23 heavy (non-hydrogen) atoms. The van der Waals surface area contributed by atoms with Crippen molar-refractivity contribution >= 4 is 33.8 Å². The summed E-state index contributed by atoms with van der Waals surface area (Å²) in [7, 11) is 1.76. The van der Waals surface area contributed by atoms with Crippen molar-refractivity contribution < 1.29 is 19.4 Å². The lowest BCUT2D eigenvalue weighted by Gasteiger charge is -2.06. The third-order valence-corrected chi connectivity index (χ3v) is 3.63. The van der Waals surface area contributed by atoms with E-state index in [1.54, 1.807) is 49.1 Å². The highest BCUT2D eigenvalue weighted by Crippen LogP contribution is 2.26. The molecule has 0 radical (unpaired) electrons. The topological polar surface area (TPSA) is 81.4 Å². The second-order valence-electron chi connectivity index (χ2n) is 4.87. The summed E-state index contributed by atoms with van der Waals surface area (Å²) in [5, 5.41) is 12.7. The molecular weight excluding hydrogens is 364 g/mol. The normalized spacial score (nSPS) is 10.9. The molecule has 0 aliphatic rings. The predicted octanol–water partition coefficient (Wildman–Crippen LogP) is 2.85. The summed E-state index contributed by atoms with van der Waals surface area (Å²) < 4.78 is 7.33. The van der Waals surface area contributed by atoms with Crippen molar-refractivity contribution in [2.24, 2.45) is 7.05 Å². The molecule has 0 saturated heterocycles. The van der Waals surface area contributed by atoms with Gasteiger partial charge in [0.15, 0.2) is 12.4 Å². The van der Waals surface area contributed by atoms with Gasteiger partial charge in [0.05, 0.1) is 15.7 Å². The van der Waals surface area contributed by atoms with E-state index in [-0.39, 0.29) is 5.78 Å². The lowest BCUT2D eigenvalue weighted by atomic mass is 10.1. The first-order valence-corrected chi connectivity index (χ1v) is 7.53. The Kier molecular flexibility index (Phi) is 5.33. The molecule has 0 saturated carbocycles. The zero-order valence-corrected chi connectivity index (χ0v) is 14.2. The number of carboxylic acid groups (broad SMARTS) is 1. The van der Waals surface area contributed by atoms with Crippen molar-refractivity contribution in [1.82, 2.24) is 9.78 Å². The van der Waals surface area contributed by atoms with Gasteiger partial charge in [-0.05, 0) is 46.6 Å². The van der Waals surface area contributed by atoms with Gasteiger partial charge in [0.1, 0.15) is 5.75 Å². The maximum Gasteiger partial charge on any atom is 0.341 e. The Morgan fingerprint density at radius 2 is 2.17 bits per heavy atom. The van der Waals surface area contributed by atoms with E-state index in [9.17, 15) is 9.59 Å². The van der Waals surface area contributed by atoms with Crippen LogP contribution in [0.2, 0.25) is 0 Å². The number of halogens is 1. The Balaban J connectivity index is 2.10. The minimum Gasteiger partial charge on any atom is -0.481 e. The van der Waals surface area contributed by atoms with Crippen LogP contribution in [0.5, 0.6) is 5.75 Å². The van der Waals surface area contributed by atoms with Crippen LogP contribution in [0.1, 0.15) is 21.6 Å². The lowest BCUT2D eigenvalue weighted by molar-refractivity contribution is -0.139. The van der Waals surface area contributed by atoms with Crippen LogP contribution in [-0.4, -0.2) is 33.2 Å². The van der Waals surface area contributed by atoms with E-state index >= 15 is 0 Å². The molecule has 2 rings (SSSR count). The monoisotopic (exact) mass is 378 g/mol. The summed E-state index contributed by atoms with van der Waals surface area (Å²) >= 11 is 3.31. The van der Waals surface area contributed by atoms with E-state index in [1.165, 1.54) is 6.08 Å². The van der Waals surface area contributed by atoms with Gasteiger partial charge in [0, 0.05) is 13.2 Å². The molecule has 1 heterocycles. The Morgan fingerprint density at radius 1 is 1.43 bits per heavy atom. The van der Waals surface area contributed by atoms with Crippen LogP contribution in [-0.2, 0) is 11.8 Å². The summed E-state index contributed by atoms with van der Waals surface area (Å²) in [4.78, 5) is 22.6. The molecule has 2 aromatic rings. The maximum absolute atomic E-state index is 12.1. The first-order chi connectivity index (χ1) is 10.9. The van der Waals surface area contributed by atoms with Gasteiger partial charge in [0.2, 0.25) is 0 Å². The largest absolute Gasteiger partial charge is 0.481 e. The molecule has 0 amide bonds. The molecule has 7 heteroatoms. The minimum absolute atomic E-state index is 0.127. The van der Waals surface area contributed by atoms with Crippen LogP contribution >= 0.6 is 15.9 Å². The number of hydrogen-bond donors (Lipinski definition) is 1. The number of ether oxygens (including phenoxy) is 1. The fourth-order valence-electron chi connectivity index (χ4n) is 1.98. The lowest BCUT2D eigenvalue weighted by Crippen LogP contribution is -2.09. The molecule has 0 atom stereocenters. The van der Waals surface area contributed by atoms with E-state index in [2.05, 4.69) is 21.0 Å². The van der Waals surface area contributed by atoms with E-state index in [0.29, 0.717) is 21.5 Å². The number of carbonyl (C=O) groups is 2. The summed E-state index contributed by atoms with van der Waals surface area (Å²) in [5.74, 6) is -0.741. The van der Waals surface area contributed by atoms with Gasteiger partial charge in [-0.15, -0.1) is 0 Å². The average Bonchev–Trinajstić information content (AvgIpc) is 2.82. The van der Waals surface area contributed by atoms with Crippen molar-refractivity contribution in [2.75, 3.05) is 6.61 Å². The van der Waals surface area contributed by atoms with Crippen molar-refractivity contribution in [3.63, 3.8) is 0 Å². The number of nitrogens with zero attached hydrogens (tertiary/aromatic N) is 2. The van der Waals surface area contributed by atoms with Crippen LogP contribution in [0.3, 0.4) is 0 Å². The number of allylic oxidation sites excluding steroid dienone is 1. The van der Waals surface area contributed by atoms with Crippen LogP contribution < -0.4 is 4.74 Å². The highest BCUT2D eigenvalue weighted by molar-refractivity contribution is 9.10.